The van der Waals surface area contributed by atoms with Crippen LogP contribution in [0.4, 0.5) is 0 Å². The van der Waals surface area contributed by atoms with Crippen molar-refractivity contribution in [1.82, 2.24) is 4.90 Å². The molecule has 0 bridgehead atoms. The lowest BCUT2D eigenvalue weighted by Crippen LogP contribution is -2.37. The van der Waals surface area contributed by atoms with E-state index in [1.165, 1.54) is 5.56 Å². The maximum atomic E-state index is 12.9. The SMILES string of the molecule is COc1ccc2c(c1OC)C(CC(=O)C(C)C)N1CCc3cc4c(cc3C1=C2)OCO4. The fraction of sp³-hybridized carbons (Fsp3) is 0.400. The van der Waals surface area contributed by atoms with E-state index in [0.717, 1.165) is 46.9 Å². The molecule has 3 aliphatic heterocycles. The van der Waals surface area contributed by atoms with Crippen molar-refractivity contribution in [2.75, 3.05) is 27.6 Å². The van der Waals surface area contributed by atoms with Crippen molar-refractivity contribution in [1.29, 1.82) is 0 Å². The molecule has 0 fully saturated rings. The first-order chi connectivity index (χ1) is 15.0. The zero-order valence-electron chi connectivity index (χ0n) is 18.4. The second kappa shape index (κ2) is 7.52. The van der Waals surface area contributed by atoms with Crippen LogP contribution in [0.25, 0.3) is 11.8 Å². The summed E-state index contributed by atoms with van der Waals surface area (Å²) in [6.07, 6.45) is 3.48. The molecule has 1 unspecified atom stereocenters. The molecule has 2 aromatic carbocycles. The van der Waals surface area contributed by atoms with E-state index < -0.39 is 0 Å². The van der Waals surface area contributed by atoms with Gasteiger partial charge in [0.1, 0.15) is 5.78 Å². The van der Waals surface area contributed by atoms with Crippen molar-refractivity contribution in [2.45, 2.75) is 32.7 Å². The van der Waals surface area contributed by atoms with Crippen LogP contribution in [0.5, 0.6) is 23.0 Å². The zero-order valence-corrected chi connectivity index (χ0v) is 18.4. The summed E-state index contributed by atoms with van der Waals surface area (Å²) in [6, 6.07) is 8.02. The molecular formula is C25H27NO5. The van der Waals surface area contributed by atoms with E-state index in [2.05, 4.69) is 29.2 Å². The van der Waals surface area contributed by atoms with Gasteiger partial charge in [0.2, 0.25) is 6.79 Å². The number of fused-ring (bicyclic) bond motifs is 5. The summed E-state index contributed by atoms with van der Waals surface area (Å²) < 4.78 is 22.6. The maximum absolute atomic E-state index is 12.9. The van der Waals surface area contributed by atoms with E-state index in [1.54, 1.807) is 14.2 Å². The van der Waals surface area contributed by atoms with E-state index in [1.807, 2.05) is 19.9 Å². The largest absolute Gasteiger partial charge is 0.493 e. The van der Waals surface area contributed by atoms with Crippen LogP contribution in [-0.4, -0.2) is 38.2 Å². The van der Waals surface area contributed by atoms with Crippen molar-refractivity contribution >= 4 is 17.6 Å². The number of hydrogen-bond donors (Lipinski definition) is 0. The summed E-state index contributed by atoms with van der Waals surface area (Å²) in [5.74, 6) is 3.17. The van der Waals surface area contributed by atoms with Crippen molar-refractivity contribution in [3.05, 3.63) is 46.5 Å². The van der Waals surface area contributed by atoms with Gasteiger partial charge in [0.05, 0.1) is 20.3 Å². The fourth-order valence-electron chi connectivity index (χ4n) is 4.81. The molecule has 0 saturated heterocycles. The Morgan fingerprint density at radius 1 is 1.16 bits per heavy atom. The Bertz CT molecular complexity index is 1090. The fourth-order valence-corrected chi connectivity index (χ4v) is 4.81. The second-order valence-corrected chi connectivity index (χ2v) is 8.48. The summed E-state index contributed by atoms with van der Waals surface area (Å²) >= 11 is 0. The molecule has 0 amide bonds. The first kappa shape index (κ1) is 19.8. The van der Waals surface area contributed by atoms with Gasteiger partial charge < -0.3 is 23.8 Å². The molecule has 0 radical (unpaired) electrons. The first-order valence-electron chi connectivity index (χ1n) is 10.7. The van der Waals surface area contributed by atoms with Crippen molar-refractivity contribution in [3.63, 3.8) is 0 Å². The van der Waals surface area contributed by atoms with Crippen LogP contribution < -0.4 is 18.9 Å². The van der Waals surface area contributed by atoms with Crippen LogP contribution in [0, 0.1) is 5.92 Å². The number of rotatable bonds is 5. The number of benzene rings is 2. The molecule has 162 valence electrons. The molecular weight excluding hydrogens is 394 g/mol. The number of ether oxygens (including phenoxy) is 4. The average Bonchev–Trinajstić information content (AvgIpc) is 3.23. The molecule has 6 nitrogen and oxygen atoms in total. The van der Waals surface area contributed by atoms with E-state index in [4.69, 9.17) is 18.9 Å². The first-order valence-corrected chi connectivity index (χ1v) is 10.7. The number of nitrogens with zero attached hydrogens (tertiary/aromatic N) is 1. The van der Waals surface area contributed by atoms with Gasteiger partial charge in [-0.2, -0.15) is 0 Å². The highest BCUT2D eigenvalue weighted by Crippen LogP contribution is 2.50. The summed E-state index contributed by atoms with van der Waals surface area (Å²) in [6.45, 7) is 4.98. The van der Waals surface area contributed by atoms with E-state index in [-0.39, 0.29) is 24.5 Å². The van der Waals surface area contributed by atoms with Crippen LogP contribution in [-0.2, 0) is 11.2 Å². The van der Waals surface area contributed by atoms with Crippen LogP contribution >= 0.6 is 0 Å². The highest BCUT2D eigenvalue weighted by Gasteiger charge is 2.38. The Hall–Kier alpha value is -3.15. The van der Waals surface area contributed by atoms with Crippen LogP contribution in [0.1, 0.15) is 48.6 Å². The number of hydrogen-bond acceptors (Lipinski definition) is 6. The molecule has 1 atom stereocenters. The van der Waals surface area contributed by atoms with Gasteiger partial charge in [0, 0.05) is 35.7 Å². The Balaban J connectivity index is 1.69. The predicted molar refractivity (Wildman–Crippen MR) is 118 cm³/mol. The number of carbonyl (C=O) groups is 1. The molecule has 0 saturated carbocycles. The Morgan fingerprint density at radius 2 is 1.94 bits per heavy atom. The summed E-state index contributed by atoms with van der Waals surface area (Å²) in [5.41, 5.74) is 5.56. The number of Topliss-reactive ketones (excluding diaryl/α,β-unsaturated/α-hetero) is 1. The number of methoxy groups -OCH3 is 2. The highest BCUT2D eigenvalue weighted by molar-refractivity contribution is 5.89. The smallest absolute Gasteiger partial charge is 0.231 e. The van der Waals surface area contributed by atoms with Gasteiger partial charge in [-0.1, -0.05) is 19.9 Å². The molecule has 3 aliphatic rings. The number of carbonyl (C=O) groups excluding carboxylic acids is 1. The molecule has 0 spiro atoms. The van der Waals surface area contributed by atoms with E-state index in [0.29, 0.717) is 17.9 Å². The molecule has 0 aliphatic carbocycles. The van der Waals surface area contributed by atoms with E-state index in [9.17, 15) is 4.79 Å². The maximum Gasteiger partial charge on any atom is 0.231 e. The van der Waals surface area contributed by atoms with Crippen LogP contribution in [0.2, 0.25) is 0 Å². The lowest BCUT2D eigenvalue weighted by Gasteiger charge is -2.43. The normalized spacial score (nSPS) is 18.2. The molecule has 6 heteroatoms. The van der Waals surface area contributed by atoms with Gasteiger partial charge >= 0.3 is 0 Å². The molecule has 5 rings (SSSR count). The van der Waals surface area contributed by atoms with Gasteiger partial charge in [-0.05, 0) is 41.8 Å². The number of ketones is 1. The third-order valence-corrected chi connectivity index (χ3v) is 6.46. The molecule has 0 N–H and O–H groups in total. The topological polar surface area (TPSA) is 57.2 Å². The highest BCUT2D eigenvalue weighted by atomic mass is 16.7. The Morgan fingerprint density at radius 3 is 2.65 bits per heavy atom. The lowest BCUT2D eigenvalue weighted by atomic mass is 9.83. The van der Waals surface area contributed by atoms with Crippen LogP contribution in [0.15, 0.2) is 24.3 Å². The van der Waals surface area contributed by atoms with Gasteiger partial charge in [-0.15, -0.1) is 0 Å². The van der Waals surface area contributed by atoms with Crippen LogP contribution in [0.3, 0.4) is 0 Å². The van der Waals surface area contributed by atoms with Crippen molar-refractivity contribution < 1.29 is 23.7 Å². The summed E-state index contributed by atoms with van der Waals surface area (Å²) in [5, 5.41) is 0. The molecule has 0 aromatic heterocycles. The van der Waals surface area contributed by atoms with Gasteiger partial charge in [0.25, 0.3) is 0 Å². The molecule has 2 aromatic rings. The quantitative estimate of drug-likeness (QED) is 0.711. The third-order valence-electron chi connectivity index (χ3n) is 6.46. The monoisotopic (exact) mass is 421 g/mol. The minimum atomic E-state index is -0.117. The zero-order chi connectivity index (χ0) is 21.7. The van der Waals surface area contributed by atoms with Gasteiger partial charge in [0.15, 0.2) is 23.0 Å². The second-order valence-electron chi connectivity index (χ2n) is 8.48. The Labute approximate surface area is 182 Å². The third kappa shape index (κ3) is 3.12. The summed E-state index contributed by atoms with van der Waals surface area (Å²) in [4.78, 5) is 15.2. The van der Waals surface area contributed by atoms with Crippen molar-refractivity contribution in [2.24, 2.45) is 5.92 Å². The molecule has 31 heavy (non-hydrogen) atoms. The van der Waals surface area contributed by atoms with Gasteiger partial charge in [-0.3, -0.25) is 4.79 Å². The minimum absolute atomic E-state index is 0.0275. The Kier molecular flexibility index (Phi) is 4.80. The average molecular weight is 421 g/mol. The summed E-state index contributed by atoms with van der Waals surface area (Å²) in [7, 11) is 3.30. The lowest BCUT2D eigenvalue weighted by molar-refractivity contribution is -0.123. The standard InChI is InChI=1S/C25H27NO5/c1-14(2)20(27)12-19-24-16(5-6-21(28-3)25(24)29-4)9-18-17-11-23-22(30-13-31-23)10-15(17)7-8-26(18)19/h5-6,9-11,14,19H,7-8,12-13H2,1-4H3. The van der Waals surface area contributed by atoms with Crippen molar-refractivity contribution in [3.8, 4) is 23.0 Å². The minimum Gasteiger partial charge on any atom is -0.493 e. The predicted octanol–water partition coefficient (Wildman–Crippen LogP) is 4.46. The van der Waals surface area contributed by atoms with Gasteiger partial charge in [-0.25, -0.2) is 0 Å². The molecule has 3 heterocycles. The van der Waals surface area contributed by atoms with E-state index >= 15 is 0 Å².